The van der Waals surface area contributed by atoms with E-state index in [1.165, 1.54) is 6.07 Å². The van der Waals surface area contributed by atoms with Crippen molar-refractivity contribution in [3.63, 3.8) is 0 Å². The summed E-state index contributed by atoms with van der Waals surface area (Å²) in [6.07, 6.45) is -4.39. The summed E-state index contributed by atoms with van der Waals surface area (Å²) >= 11 is 0. The van der Waals surface area contributed by atoms with E-state index in [4.69, 9.17) is 9.47 Å². The smallest absolute Gasteiger partial charge is 0.416 e. The van der Waals surface area contributed by atoms with Gasteiger partial charge in [0.15, 0.2) is 6.61 Å². The number of esters is 1. The van der Waals surface area contributed by atoms with Gasteiger partial charge in [-0.2, -0.15) is 13.2 Å². The molecule has 166 valence electrons. The summed E-state index contributed by atoms with van der Waals surface area (Å²) in [6.45, 7) is 3.48. The summed E-state index contributed by atoms with van der Waals surface area (Å²) in [4.78, 5) is 27.5. The molecule has 31 heavy (non-hydrogen) atoms. The van der Waals surface area contributed by atoms with Gasteiger partial charge in [0.25, 0.3) is 5.91 Å². The second-order valence-electron chi connectivity index (χ2n) is 6.95. The van der Waals surface area contributed by atoms with E-state index in [1.807, 2.05) is 4.90 Å². The SMILES string of the molecule is CCOC(=O)c1ccc(OCC(=O)N2CCN(c3cccc(C(F)(F)F)c3)CC2)cc1. The number of hydrogen-bond acceptors (Lipinski definition) is 5. The van der Waals surface area contributed by atoms with Gasteiger partial charge >= 0.3 is 12.1 Å². The maximum atomic E-state index is 12.9. The Labute approximate surface area is 178 Å². The molecule has 0 aliphatic carbocycles. The zero-order valence-corrected chi connectivity index (χ0v) is 17.0. The van der Waals surface area contributed by atoms with Gasteiger partial charge < -0.3 is 19.3 Å². The van der Waals surface area contributed by atoms with Gasteiger partial charge in [-0.25, -0.2) is 4.79 Å². The van der Waals surface area contributed by atoms with Gasteiger partial charge in [-0.1, -0.05) is 6.07 Å². The largest absolute Gasteiger partial charge is 0.484 e. The number of ether oxygens (including phenoxy) is 2. The van der Waals surface area contributed by atoms with Crippen LogP contribution in [0.25, 0.3) is 0 Å². The lowest BCUT2D eigenvalue weighted by Crippen LogP contribution is -2.50. The number of benzene rings is 2. The van der Waals surface area contributed by atoms with Crippen molar-refractivity contribution in [2.75, 3.05) is 44.3 Å². The van der Waals surface area contributed by atoms with Crippen LogP contribution in [-0.4, -0.2) is 56.2 Å². The van der Waals surface area contributed by atoms with Crippen molar-refractivity contribution in [2.24, 2.45) is 0 Å². The molecule has 1 fully saturated rings. The van der Waals surface area contributed by atoms with E-state index in [1.54, 1.807) is 42.2 Å². The lowest BCUT2D eigenvalue weighted by atomic mass is 10.1. The van der Waals surface area contributed by atoms with Gasteiger partial charge in [0, 0.05) is 31.9 Å². The van der Waals surface area contributed by atoms with Crippen molar-refractivity contribution in [3.8, 4) is 5.75 Å². The van der Waals surface area contributed by atoms with Crippen LogP contribution in [0.4, 0.5) is 18.9 Å². The van der Waals surface area contributed by atoms with E-state index >= 15 is 0 Å². The fourth-order valence-corrected chi connectivity index (χ4v) is 3.23. The number of piperazine rings is 1. The Bertz CT molecular complexity index is 908. The summed E-state index contributed by atoms with van der Waals surface area (Å²) in [5.41, 5.74) is 0.192. The first-order valence-corrected chi connectivity index (χ1v) is 9.88. The Hall–Kier alpha value is -3.23. The second kappa shape index (κ2) is 9.72. The van der Waals surface area contributed by atoms with Crippen LogP contribution in [0.5, 0.6) is 5.75 Å². The fraction of sp³-hybridized carbons (Fsp3) is 0.364. The van der Waals surface area contributed by atoms with Crippen LogP contribution in [0.2, 0.25) is 0 Å². The number of carbonyl (C=O) groups is 2. The van der Waals surface area contributed by atoms with Crippen LogP contribution in [0, 0.1) is 0 Å². The van der Waals surface area contributed by atoms with E-state index < -0.39 is 17.7 Å². The number of anilines is 1. The first-order valence-electron chi connectivity index (χ1n) is 9.88. The van der Waals surface area contributed by atoms with E-state index in [9.17, 15) is 22.8 Å². The van der Waals surface area contributed by atoms with Crippen molar-refractivity contribution in [1.82, 2.24) is 4.90 Å². The molecule has 2 aromatic rings. The molecule has 0 radical (unpaired) electrons. The molecule has 1 aliphatic rings. The molecule has 9 heteroatoms. The van der Waals surface area contributed by atoms with Crippen LogP contribution in [0.3, 0.4) is 0 Å². The Morgan fingerprint density at radius 1 is 1.00 bits per heavy atom. The molecule has 6 nitrogen and oxygen atoms in total. The quantitative estimate of drug-likeness (QED) is 0.648. The lowest BCUT2D eigenvalue weighted by Gasteiger charge is -2.36. The predicted molar refractivity (Wildman–Crippen MR) is 108 cm³/mol. The third-order valence-electron chi connectivity index (χ3n) is 4.90. The highest BCUT2D eigenvalue weighted by Gasteiger charge is 2.31. The molecule has 0 N–H and O–H groups in total. The summed E-state index contributed by atoms with van der Waals surface area (Å²) < 4.78 is 49.2. The highest BCUT2D eigenvalue weighted by atomic mass is 19.4. The molecule has 0 unspecified atom stereocenters. The number of halogens is 3. The minimum atomic E-state index is -4.39. The number of alkyl halides is 3. The third-order valence-corrected chi connectivity index (χ3v) is 4.90. The van der Waals surface area contributed by atoms with Crippen LogP contribution in [-0.2, 0) is 15.7 Å². The summed E-state index contributed by atoms with van der Waals surface area (Å²) in [7, 11) is 0. The Balaban J connectivity index is 1.49. The molecule has 0 bridgehead atoms. The highest BCUT2D eigenvalue weighted by molar-refractivity contribution is 5.89. The molecule has 1 heterocycles. The van der Waals surface area contributed by atoms with Crippen LogP contribution < -0.4 is 9.64 Å². The number of hydrogen-bond donors (Lipinski definition) is 0. The van der Waals surface area contributed by atoms with Gasteiger partial charge in [-0.05, 0) is 49.4 Å². The number of amides is 1. The van der Waals surface area contributed by atoms with Gasteiger partial charge in [-0.3, -0.25) is 4.79 Å². The molecule has 0 aromatic heterocycles. The minimum Gasteiger partial charge on any atom is -0.484 e. The van der Waals surface area contributed by atoms with Crippen molar-refractivity contribution in [2.45, 2.75) is 13.1 Å². The molecule has 0 atom stereocenters. The van der Waals surface area contributed by atoms with Crippen molar-refractivity contribution in [1.29, 1.82) is 0 Å². The Morgan fingerprint density at radius 2 is 1.68 bits per heavy atom. The van der Waals surface area contributed by atoms with Crippen LogP contribution >= 0.6 is 0 Å². The average Bonchev–Trinajstić information content (AvgIpc) is 2.77. The zero-order chi connectivity index (χ0) is 22.4. The molecule has 0 spiro atoms. The highest BCUT2D eigenvalue weighted by Crippen LogP contribution is 2.31. The Kier molecular flexibility index (Phi) is 7.04. The van der Waals surface area contributed by atoms with Gasteiger partial charge in [0.1, 0.15) is 5.75 Å². The fourth-order valence-electron chi connectivity index (χ4n) is 3.23. The van der Waals surface area contributed by atoms with E-state index in [-0.39, 0.29) is 19.1 Å². The molecule has 1 amide bonds. The molecule has 3 rings (SSSR count). The first kappa shape index (κ1) is 22.5. The first-order chi connectivity index (χ1) is 14.8. The normalized spacial score (nSPS) is 14.3. The maximum absolute atomic E-state index is 12.9. The number of rotatable bonds is 6. The van der Waals surface area contributed by atoms with Gasteiger partial charge in [0.2, 0.25) is 0 Å². The van der Waals surface area contributed by atoms with Crippen molar-refractivity contribution < 1.29 is 32.2 Å². The molecular weight excluding hydrogens is 413 g/mol. The van der Waals surface area contributed by atoms with Gasteiger partial charge in [-0.15, -0.1) is 0 Å². The van der Waals surface area contributed by atoms with Crippen LogP contribution in [0.15, 0.2) is 48.5 Å². The van der Waals surface area contributed by atoms with Crippen molar-refractivity contribution in [3.05, 3.63) is 59.7 Å². The lowest BCUT2D eigenvalue weighted by molar-refractivity contribution is -0.137. The molecule has 1 saturated heterocycles. The number of nitrogens with zero attached hydrogens (tertiary/aromatic N) is 2. The maximum Gasteiger partial charge on any atom is 0.416 e. The van der Waals surface area contributed by atoms with Crippen LogP contribution in [0.1, 0.15) is 22.8 Å². The summed E-state index contributed by atoms with van der Waals surface area (Å²) in [6, 6.07) is 11.5. The topological polar surface area (TPSA) is 59.1 Å². The van der Waals surface area contributed by atoms with E-state index in [0.717, 1.165) is 12.1 Å². The molecule has 1 aliphatic heterocycles. The third kappa shape index (κ3) is 5.90. The summed E-state index contributed by atoms with van der Waals surface area (Å²) in [5, 5.41) is 0. The standard InChI is InChI=1S/C22H23F3N2O4/c1-2-30-21(29)16-6-8-19(9-7-16)31-15-20(28)27-12-10-26(11-13-27)18-5-3-4-17(14-18)22(23,24)25/h3-9,14H,2,10-13,15H2,1H3. The van der Waals surface area contributed by atoms with E-state index in [0.29, 0.717) is 43.2 Å². The van der Waals surface area contributed by atoms with Gasteiger partial charge in [0.05, 0.1) is 17.7 Å². The minimum absolute atomic E-state index is 0.164. The predicted octanol–water partition coefficient (Wildman–Crippen LogP) is 3.61. The van der Waals surface area contributed by atoms with Crippen molar-refractivity contribution >= 4 is 17.6 Å². The Morgan fingerprint density at radius 3 is 2.29 bits per heavy atom. The zero-order valence-electron chi connectivity index (χ0n) is 17.0. The average molecular weight is 436 g/mol. The summed E-state index contributed by atoms with van der Waals surface area (Å²) in [5.74, 6) is -0.189. The molecule has 2 aromatic carbocycles. The molecular formula is C22H23F3N2O4. The number of carbonyl (C=O) groups excluding carboxylic acids is 2. The monoisotopic (exact) mass is 436 g/mol. The second-order valence-corrected chi connectivity index (χ2v) is 6.95. The van der Waals surface area contributed by atoms with E-state index in [2.05, 4.69) is 0 Å². The molecule has 0 saturated carbocycles.